The number of aliphatic hydroxyl groups is 1. The standard InChI is InChI=1S/C9H4F7NO3/c10-5-2-1-4(3-6(5)17(19)20)7(18,8(11,12)13)9(14,15)16/h1-3,18H. The fraction of sp³-hybridized carbons (Fsp3) is 0.333. The molecule has 1 aromatic carbocycles. The van der Waals surface area contributed by atoms with E-state index in [4.69, 9.17) is 5.11 Å². The second-order valence-electron chi connectivity index (χ2n) is 3.63. The first-order valence-corrected chi connectivity index (χ1v) is 4.62. The normalized spacial score (nSPS) is 13.4. The molecule has 4 nitrogen and oxygen atoms in total. The lowest BCUT2D eigenvalue weighted by Gasteiger charge is -2.32. The number of nitro benzene ring substituents is 1. The van der Waals surface area contributed by atoms with Gasteiger partial charge in [0.25, 0.3) is 5.60 Å². The van der Waals surface area contributed by atoms with Gasteiger partial charge in [-0.05, 0) is 6.07 Å². The summed E-state index contributed by atoms with van der Waals surface area (Å²) in [6, 6.07) is -0.296. The molecule has 0 amide bonds. The van der Waals surface area contributed by atoms with Gasteiger partial charge in [0, 0.05) is 11.6 Å². The van der Waals surface area contributed by atoms with Crippen molar-refractivity contribution in [1.82, 2.24) is 0 Å². The van der Waals surface area contributed by atoms with Gasteiger partial charge in [-0.25, -0.2) is 0 Å². The smallest absolute Gasteiger partial charge is 0.369 e. The van der Waals surface area contributed by atoms with Crippen molar-refractivity contribution in [2.75, 3.05) is 0 Å². The van der Waals surface area contributed by atoms with E-state index in [1.807, 2.05) is 0 Å². The Hall–Kier alpha value is -1.91. The molecule has 0 saturated heterocycles. The van der Waals surface area contributed by atoms with Gasteiger partial charge in [0.05, 0.1) is 4.92 Å². The van der Waals surface area contributed by atoms with E-state index in [0.717, 1.165) is 0 Å². The molecule has 1 rings (SSSR count). The summed E-state index contributed by atoms with van der Waals surface area (Å²) in [7, 11) is 0. The van der Waals surface area contributed by atoms with E-state index in [-0.39, 0.29) is 18.2 Å². The largest absolute Gasteiger partial charge is 0.430 e. The van der Waals surface area contributed by atoms with Crippen LogP contribution in [0.1, 0.15) is 5.56 Å². The Kier molecular flexibility index (Phi) is 3.70. The summed E-state index contributed by atoms with van der Waals surface area (Å²) in [6.45, 7) is 0. The van der Waals surface area contributed by atoms with Crippen LogP contribution in [0.3, 0.4) is 0 Å². The van der Waals surface area contributed by atoms with Crippen molar-refractivity contribution in [1.29, 1.82) is 0 Å². The number of halogens is 7. The quantitative estimate of drug-likeness (QED) is 0.519. The van der Waals surface area contributed by atoms with Crippen LogP contribution in [-0.2, 0) is 5.60 Å². The number of nitrogens with zero attached hydrogens (tertiary/aromatic N) is 1. The minimum Gasteiger partial charge on any atom is -0.369 e. The molecule has 0 radical (unpaired) electrons. The third-order valence-electron chi connectivity index (χ3n) is 2.38. The van der Waals surface area contributed by atoms with Crippen LogP contribution in [0.2, 0.25) is 0 Å². The highest BCUT2D eigenvalue weighted by Crippen LogP contribution is 2.50. The number of hydrogen-bond donors (Lipinski definition) is 1. The second kappa shape index (κ2) is 4.58. The molecule has 11 heteroatoms. The maximum absolute atomic E-state index is 12.9. The van der Waals surface area contributed by atoms with Gasteiger partial charge >= 0.3 is 18.0 Å². The van der Waals surface area contributed by atoms with Crippen LogP contribution in [0.15, 0.2) is 18.2 Å². The van der Waals surface area contributed by atoms with Crippen molar-refractivity contribution in [2.24, 2.45) is 0 Å². The molecule has 0 saturated carbocycles. The van der Waals surface area contributed by atoms with Crippen LogP contribution >= 0.6 is 0 Å². The highest BCUT2D eigenvalue weighted by molar-refractivity contribution is 5.40. The fourth-order valence-corrected chi connectivity index (χ4v) is 1.37. The van der Waals surface area contributed by atoms with Gasteiger partial charge in [-0.15, -0.1) is 0 Å². The molecule has 20 heavy (non-hydrogen) atoms. The van der Waals surface area contributed by atoms with Gasteiger partial charge in [-0.2, -0.15) is 30.7 Å². The Morgan fingerprint density at radius 3 is 1.85 bits per heavy atom. The molecule has 0 spiro atoms. The molecule has 0 aliphatic carbocycles. The molecule has 0 aliphatic heterocycles. The number of alkyl halides is 6. The Balaban J connectivity index is 3.61. The van der Waals surface area contributed by atoms with Gasteiger partial charge < -0.3 is 5.11 Å². The molecule has 0 fully saturated rings. The summed E-state index contributed by atoms with van der Waals surface area (Å²) in [4.78, 5) is 8.81. The predicted molar refractivity (Wildman–Crippen MR) is 49.1 cm³/mol. The van der Waals surface area contributed by atoms with Gasteiger partial charge in [0.2, 0.25) is 5.82 Å². The van der Waals surface area contributed by atoms with E-state index in [1.54, 1.807) is 0 Å². The number of hydrogen-bond acceptors (Lipinski definition) is 3. The average Bonchev–Trinajstić information content (AvgIpc) is 2.25. The van der Waals surface area contributed by atoms with Crippen LogP contribution in [0.25, 0.3) is 0 Å². The molecule has 0 unspecified atom stereocenters. The van der Waals surface area contributed by atoms with E-state index >= 15 is 0 Å². The summed E-state index contributed by atoms with van der Waals surface area (Å²) >= 11 is 0. The molecule has 112 valence electrons. The third-order valence-corrected chi connectivity index (χ3v) is 2.38. The maximum Gasteiger partial charge on any atom is 0.430 e. The van der Waals surface area contributed by atoms with Crippen LogP contribution in [0.5, 0.6) is 0 Å². The van der Waals surface area contributed by atoms with Gasteiger partial charge in [0.1, 0.15) is 0 Å². The van der Waals surface area contributed by atoms with Gasteiger partial charge in [-0.3, -0.25) is 10.1 Å². The van der Waals surface area contributed by atoms with Crippen LogP contribution < -0.4 is 0 Å². The lowest BCUT2D eigenvalue weighted by Crippen LogP contribution is -2.53. The van der Waals surface area contributed by atoms with E-state index in [9.17, 15) is 40.8 Å². The van der Waals surface area contributed by atoms with Gasteiger partial charge in [0.15, 0.2) is 0 Å². The average molecular weight is 307 g/mol. The second-order valence-corrected chi connectivity index (χ2v) is 3.63. The first-order chi connectivity index (χ1) is 8.82. The van der Waals surface area contributed by atoms with Gasteiger partial charge in [-0.1, -0.05) is 6.07 Å². The molecule has 0 aliphatic rings. The van der Waals surface area contributed by atoms with Crippen molar-refractivity contribution >= 4 is 5.69 Å². The fourth-order valence-electron chi connectivity index (χ4n) is 1.37. The maximum atomic E-state index is 12.9. The van der Waals surface area contributed by atoms with Crippen molar-refractivity contribution in [2.45, 2.75) is 18.0 Å². The van der Waals surface area contributed by atoms with Crippen molar-refractivity contribution < 1.29 is 40.8 Å². The van der Waals surface area contributed by atoms with Crippen LogP contribution in [0.4, 0.5) is 36.4 Å². The highest BCUT2D eigenvalue weighted by atomic mass is 19.4. The summed E-state index contributed by atoms with van der Waals surface area (Å²) in [5.41, 5.74) is -8.85. The molecular weight excluding hydrogens is 303 g/mol. The SMILES string of the molecule is O=[N+]([O-])c1cc(C(O)(C(F)(F)F)C(F)(F)F)ccc1F. The Bertz CT molecular complexity index is 523. The Morgan fingerprint density at radius 2 is 1.50 bits per heavy atom. The van der Waals surface area contributed by atoms with E-state index < -0.39 is 39.9 Å². The predicted octanol–water partition coefficient (Wildman–Crippen LogP) is 3.05. The highest BCUT2D eigenvalue weighted by Gasteiger charge is 2.71. The molecule has 0 heterocycles. The topological polar surface area (TPSA) is 63.4 Å². The monoisotopic (exact) mass is 307 g/mol. The Labute approximate surface area is 105 Å². The molecule has 0 aromatic heterocycles. The number of nitro groups is 1. The lowest BCUT2D eigenvalue weighted by molar-refractivity contribution is -0.389. The van der Waals surface area contributed by atoms with Crippen LogP contribution in [-0.4, -0.2) is 22.4 Å². The molecular formula is C9H4F7NO3. The Morgan fingerprint density at radius 1 is 1.05 bits per heavy atom. The molecule has 0 atom stereocenters. The summed E-state index contributed by atoms with van der Waals surface area (Å²) < 4.78 is 87.8. The number of rotatable bonds is 2. The van der Waals surface area contributed by atoms with Crippen molar-refractivity contribution in [3.05, 3.63) is 39.7 Å². The zero-order valence-electron chi connectivity index (χ0n) is 9.09. The molecule has 0 bridgehead atoms. The van der Waals surface area contributed by atoms with Crippen LogP contribution in [0, 0.1) is 15.9 Å². The van der Waals surface area contributed by atoms with E-state index in [1.165, 1.54) is 0 Å². The third kappa shape index (κ3) is 2.40. The minimum atomic E-state index is -6.20. The summed E-state index contributed by atoms with van der Waals surface area (Å²) in [5.74, 6) is -1.63. The number of benzene rings is 1. The zero-order chi connectivity index (χ0) is 15.9. The molecule has 1 N–H and O–H groups in total. The van der Waals surface area contributed by atoms with E-state index in [0.29, 0.717) is 0 Å². The van der Waals surface area contributed by atoms with Crippen molar-refractivity contribution in [3.8, 4) is 0 Å². The summed E-state index contributed by atoms with van der Waals surface area (Å²) in [6.07, 6.45) is -12.4. The summed E-state index contributed by atoms with van der Waals surface area (Å²) in [5, 5.41) is 19.3. The van der Waals surface area contributed by atoms with E-state index in [2.05, 4.69) is 0 Å². The zero-order valence-corrected chi connectivity index (χ0v) is 9.09. The van der Waals surface area contributed by atoms with Crippen molar-refractivity contribution in [3.63, 3.8) is 0 Å². The molecule has 1 aromatic rings. The first kappa shape index (κ1) is 16.1. The lowest BCUT2D eigenvalue weighted by atomic mass is 9.92. The first-order valence-electron chi connectivity index (χ1n) is 4.62. The minimum absolute atomic E-state index is 0.0245.